The van der Waals surface area contributed by atoms with Gasteiger partial charge in [-0.25, -0.2) is 0 Å². The molecule has 0 fully saturated rings. The first-order valence-electron chi connectivity index (χ1n) is 2.54. The summed E-state index contributed by atoms with van der Waals surface area (Å²) >= 11 is 5.56. The summed E-state index contributed by atoms with van der Waals surface area (Å²) in [7, 11) is 1.61. The monoisotopic (exact) mass is 244 g/mol. The maximum atomic E-state index is 5.56. The number of halogens is 2. The Morgan fingerprint density at radius 3 is 2.45 bits per heavy atom. The molecule has 11 heavy (non-hydrogen) atoms. The molecule has 0 aliphatic rings. The smallest absolute Gasteiger partial charge is 1.00 e. The van der Waals surface area contributed by atoms with Crippen molar-refractivity contribution in [1.29, 1.82) is 0 Å². The first kappa shape index (κ1) is 14.1. The Balaban J connectivity index is 0. The van der Waals surface area contributed by atoms with Gasteiger partial charge in [0.25, 0.3) is 0 Å². The fourth-order valence-electron chi connectivity index (χ4n) is 0.519. The fraction of sp³-hybridized carbons (Fsp3) is 0.143. The summed E-state index contributed by atoms with van der Waals surface area (Å²) in [5.74, 6) is 0.777. The molecule has 0 aromatic heterocycles. The minimum absolute atomic E-state index is 0. The van der Waals surface area contributed by atoms with Crippen LogP contribution in [0.2, 0.25) is 5.02 Å². The number of ether oxygens (including phenoxy) is 1. The number of hydrogen-bond donors (Lipinski definition) is 0. The number of rotatable bonds is 1. The van der Waals surface area contributed by atoms with E-state index < -0.39 is 0 Å². The zero-order valence-corrected chi connectivity index (χ0v) is 9.86. The molecular formula is C7H6BrClMgO. The molecule has 1 rings (SSSR count). The van der Waals surface area contributed by atoms with E-state index in [1.165, 1.54) is 0 Å². The van der Waals surface area contributed by atoms with Gasteiger partial charge in [0.1, 0.15) is 0 Å². The summed E-state index contributed by atoms with van der Waals surface area (Å²) in [4.78, 5) is 0. The van der Waals surface area contributed by atoms with Crippen LogP contribution in [-0.4, -0.2) is 30.2 Å². The van der Waals surface area contributed by atoms with Gasteiger partial charge in [0.2, 0.25) is 0 Å². The molecule has 56 valence electrons. The molecule has 0 bridgehead atoms. The molecule has 0 unspecified atom stereocenters. The minimum atomic E-state index is 0. The summed E-state index contributed by atoms with van der Waals surface area (Å²) in [5.41, 5.74) is 0. The SMILES string of the molecule is COc1c[c-]c(Cl)cc1.[Br-].[Mg+2]. The van der Waals surface area contributed by atoms with Crippen LogP contribution in [0.25, 0.3) is 0 Å². The predicted octanol–water partition coefficient (Wildman–Crippen LogP) is -1.23. The molecule has 1 aromatic rings. The Morgan fingerprint density at radius 1 is 1.45 bits per heavy atom. The quantitative estimate of drug-likeness (QED) is 0.445. The van der Waals surface area contributed by atoms with Crippen molar-refractivity contribution in [1.82, 2.24) is 0 Å². The minimum Gasteiger partial charge on any atom is -1.00 e. The van der Waals surface area contributed by atoms with E-state index >= 15 is 0 Å². The van der Waals surface area contributed by atoms with Crippen LogP contribution >= 0.6 is 11.6 Å². The first-order valence-corrected chi connectivity index (χ1v) is 2.92. The molecule has 1 nitrogen and oxygen atoms in total. The second-order valence-corrected chi connectivity index (χ2v) is 1.98. The van der Waals surface area contributed by atoms with Gasteiger partial charge in [-0.1, -0.05) is 5.02 Å². The van der Waals surface area contributed by atoms with Gasteiger partial charge >= 0.3 is 23.1 Å². The van der Waals surface area contributed by atoms with E-state index in [2.05, 4.69) is 6.07 Å². The van der Waals surface area contributed by atoms with Crippen LogP contribution in [0.3, 0.4) is 0 Å². The van der Waals surface area contributed by atoms with Crippen LogP contribution in [0.1, 0.15) is 0 Å². The van der Waals surface area contributed by atoms with E-state index in [1.54, 1.807) is 25.3 Å². The molecule has 0 radical (unpaired) electrons. The van der Waals surface area contributed by atoms with Crippen LogP contribution in [-0.2, 0) is 0 Å². The van der Waals surface area contributed by atoms with Crippen molar-refractivity contribution in [2.45, 2.75) is 0 Å². The van der Waals surface area contributed by atoms with Crippen molar-refractivity contribution >= 4 is 34.7 Å². The summed E-state index contributed by atoms with van der Waals surface area (Å²) < 4.78 is 4.88. The van der Waals surface area contributed by atoms with E-state index in [1.807, 2.05) is 0 Å². The number of benzene rings is 1. The maximum absolute atomic E-state index is 5.56. The average Bonchev–Trinajstić information content (AvgIpc) is 1.90. The maximum Gasteiger partial charge on any atom is 2.00 e. The third-order valence-electron chi connectivity index (χ3n) is 0.982. The summed E-state index contributed by atoms with van der Waals surface area (Å²) in [6, 6.07) is 8.01. The summed E-state index contributed by atoms with van der Waals surface area (Å²) in [6.45, 7) is 0. The Hall–Kier alpha value is 0.556. The zero-order valence-electron chi connectivity index (χ0n) is 6.10. The molecule has 1 aromatic carbocycles. The molecule has 0 saturated heterocycles. The van der Waals surface area contributed by atoms with E-state index in [0.29, 0.717) is 5.02 Å². The zero-order chi connectivity index (χ0) is 6.69. The molecule has 0 amide bonds. The van der Waals surface area contributed by atoms with E-state index in [0.717, 1.165) is 5.75 Å². The molecule has 0 heterocycles. The third-order valence-corrected chi connectivity index (χ3v) is 1.22. The second kappa shape index (κ2) is 7.22. The van der Waals surface area contributed by atoms with E-state index in [4.69, 9.17) is 16.3 Å². The van der Waals surface area contributed by atoms with Gasteiger partial charge in [-0.05, 0) is 0 Å². The van der Waals surface area contributed by atoms with Gasteiger partial charge in [0.15, 0.2) is 0 Å². The largest absolute Gasteiger partial charge is 2.00 e. The second-order valence-electron chi connectivity index (χ2n) is 1.58. The average molecular weight is 246 g/mol. The van der Waals surface area contributed by atoms with Gasteiger partial charge in [0.05, 0.1) is 7.11 Å². The van der Waals surface area contributed by atoms with Crippen molar-refractivity contribution in [2.24, 2.45) is 0 Å². The predicted molar refractivity (Wildman–Crippen MR) is 42.6 cm³/mol. The van der Waals surface area contributed by atoms with Crippen LogP contribution < -0.4 is 21.7 Å². The molecule has 0 atom stereocenters. The van der Waals surface area contributed by atoms with Crippen LogP contribution in [0.5, 0.6) is 5.75 Å². The van der Waals surface area contributed by atoms with Crippen LogP contribution in [0.15, 0.2) is 18.2 Å². The molecule has 0 aliphatic carbocycles. The van der Waals surface area contributed by atoms with Gasteiger partial charge in [0, 0.05) is 5.75 Å². The van der Waals surface area contributed by atoms with Crippen molar-refractivity contribution in [3.05, 3.63) is 29.3 Å². The number of methoxy groups -OCH3 is 1. The molecule has 4 heteroatoms. The van der Waals surface area contributed by atoms with Gasteiger partial charge < -0.3 is 21.7 Å². The number of hydrogen-bond acceptors (Lipinski definition) is 1. The van der Waals surface area contributed by atoms with Crippen molar-refractivity contribution in [3.8, 4) is 5.75 Å². The molecule has 0 aliphatic heterocycles. The van der Waals surface area contributed by atoms with Crippen LogP contribution in [0.4, 0.5) is 0 Å². The van der Waals surface area contributed by atoms with Gasteiger partial charge in [-0.2, -0.15) is 6.07 Å². The van der Waals surface area contributed by atoms with Crippen LogP contribution in [0, 0.1) is 6.07 Å². The Kier molecular flexibility index (Phi) is 9.25. The Morgan fingerprint density at radius 2 is 2.09 bits per heavy atom. The standard InChI is InChI=1S/C7H6ClO.BrH.Mg/c1-9-7-4-2-6(8)3-5-7;;/h2,4-5H,1H3;1H;/q-1;;+2/p-1. The molecule has 0 saturated carbocycles. The molecular weight excluding hydrogens is 240 g/mol. The topological polar surface area (TPSA) is 9.23 Å². The van der Waals surface area contributed by atoms with Crippen molar-refractivity contribution < 1.29 is 21.7 Å². The van der Waals surface area contributed by atoms with Gasteiger partial charge in [-0.15, -0.1) is 29.8 Å². The molecule has 0 spiro atoms. The van der Waals surface area contributed by atoms with Gasteiger partial charge in [-0.3, -0.25) is 0 Å². The fourth-order valence-corrected chi connectivity index (χ4v) is 0.636. The normalized spacial score (nSPS) is 7.45. The summed E-state index contributed by atoms with van der Waals surface area (Å²) in [6.07, 6.45) is 0. The van der Waals surface area contributed by atoms with Crippen molar-refractivity contribution in [2.75, 3.05) is 7.11 Å². The Bertz CT molecular complexity index is 190. The van der Waals surface area contributed by atoms with Crippen molar-refractivity contribution in [3.63, 3.8) is 0 Å². The van der Waals surface area contributed by atoms with E-state index in [-0.39, 0.29) is 40.0 Å². The van der Waals surface area contributed by atoms with E-state index in [9.17, 15) is 0 Å². The third kappa shape index (κ3) is 4.90. The first-order chi connectivity index (χ1) is 4.33. The summed E-state index contributed by atoms with van der Waals surface area (Å²) in [5, 5.41) is 0.607. The Labute approximate surface area is 98.0 Å². The molecule has 0 N–H and O–H groups in total.